The molecule has 0 N–H and O–H groups in total. The molecule has 0 saturated carbocycles. The third-order valence-electron chi connectivity index (χ3n) is 3.12. The van der Waals surface area contributed by atoms with Gasteiger partial charge in [0, 0.05) is 4.48 Å². The monoisotopic (exact) mass is 520 g/mol. The Hall–Kier alpha value is -2.20. The second-order valence-electron chi connectivity index (χ2n) is 5.26. The molecule has 0 fully saturated rings. The van der Waals surface area contributed by atoms with Crippen molar-refractivity contribution in [2.75, 3.05) is 26.4 Å². The standard InChI is InChI=1S/C18H18Br2O8/c1-3-7-25-14(21)10-27-16(23)12-5-6-18(20,9-13(12)19)17(24)28-11-15(22)26-8-4-2/h3-6,9,12H,1-2,7-8,10-11H2. The normalized spacial score (nSPS) is 20.4. The van der Waals surface area contributed by atoms with Crippen LogP contribution in [0.25, 0.3) is 0 Å². The second kappa shape index (κ2) is 11.6. The molecule has 2 atom stereocenters. The van der Waals surface area contributed by atoms with E-state index < -0.39 is 47.3 Å². The summed E-state index contributed by atoms with van der Waals surface area (Å²) in [4.78, 5) is 47.1. The van der Waals surface area contributed by atoms with Crippen molar-refractivity contribution in [3.63, 3.8) is 0 Å². The zero-order valence-corrected chi connectivity index (χ0v) is 17.9. The Morgan fingerprint density at radius 1 is 1.00 bits per heavy atom. The minimum Gasteiger partial charge on any atom is -0.459 e. The summed E-state index contributed by atoms with van der Waals surface area (Å²) in [6, 6.07) is 0. The molecule has 0 aromatic rings. The van der Waals surface area contributed by atoms with Crippen molar-refractivity contribution in [1.82, 2.24) is 0 Å². The molecule has 2 unspecified atom stereocenters. The van der Waals surface area contributed by atoms with Gasteiger partial charge in [0.05, 0.1) is 0 Å². The van der Waals surface area contributed by atoms with Crippen LogP contribution in [0, 0.1) is 5.92 Å². The van der Waals surface area contributed by atoms with E-state index in [1.807, 2.05) is 0 Å². The summed E-state index contributed by atoms with van der Waals surface area (Å²) in [5, 5.41) is 0. The predicted octanol–water partition coefficient (Wildman–Crippen LogP) is 2.13. The maximum Gasteiger partial charge on any atom is 0.344 e. The molecule has 152 valence electrons. The maximum absolute atomic E-state index is 12.2. The quantitative estimate of drug-likeness (QED) is 0.186. The largest absolute Gasteiger partial charge is 0.459 e. The van der Waals surface area contributed by atoms with E-state index in [4.69, 9.17) is 18.9 Å². The number of hydrogen-bond acceptors (Lipinski definition) is 8. The van der Waals surface area contributed by atoms with Gasteiger partial charge in [0.1, 0.15) is 19.1 Å². The molecule has 0 aromatic carbocycles. The molecule has 28 heavy (non-hydrogen) atoms. The molecule has 0 spiro atoms. The van der Waals surface area contributed by atoms with E-state index in [-0.39, 0.29) is 13.2 Å². The molecule has 8 nitrogen and oxygen atoms in total. The lowest BCUT2D eigenvalue weighted by molar-refractivity contribution is -0.159. The van der Waals surface area contributed by atoms with Gasteiger partial charge in [0.25, 0.3) is 0 Å². The van der Waals surface area contributed by atoms with Gasteiger partial charge in [-0.25, -0.2) is 14.4 Å². The van der Waals surface area contributed by atoms with E-state index in [0.717, 1.165) is 0 Å². The molecule has 1 aliphatic carbocycles. The van der Waals surface area contributed by atoms with Crippen LogP contribution in [0.5, 0.6) is 0 Å². The summed E-state index contributed by atoms with van der Waals surface area (Å²) in [6.45, 7) is 5.69. The highest BCUT2D eigenvalue weighted by atomic mass is 79.9. The number of esters is 4. The molecule has 0 radical (unpaired) electrons. The molecule has 0 bridgehead atoms. The first-order valence-corrected chi connectivity index (χ1v) is 9.45. The number of carbonyl (C=O) groups excluding carboxylic acids is 4. The van der Waals surface area contributed by atoms with Gasteiger partial charge in [0.15, 0.2) is 17.5 Å². The van der Waals surface area contributed by atoms with Crippen LogP contribution < -0.4 is 0 Å². The Kier molecular flexibility index (Phi) is 9.88. The molecule has 0 aliphatic heterocycles. The van der Waals surface area contributed by atoms with Crippen LogP contribution >= 0.6 is 31.9 Å². The Balaban J connectivity index is 2.62. The summed E-state index contributed by atoms with van der Waals surface area (Å²) in [6.07, 6.45) is 6.92. The third-order valence-corrected chi connectivity index (χ3v) is 4.66. The summed E-state index contributed by atoms with van der Waals surface area (Å²) >= 11 is 6.40. The van der Waals surface area contributed by atoms with E-state index in [1.165, 1.54) is 30.4 Å². The van der Waals surface area contributed by atoms with Gasteiger partial charge in [0.2, 0.25) is 0 Å². The van der Waals surface area contributed by atoms with Crippen molar-refractivity contribution in [2.24, 2.45) is 5.92 Å². The number of carbonyl (C=O) groups is 4. The molecule has 0 heterocycles. The van der Waals surface area contributed by atoms with Gasteiger partial charge in [-0.3, -0.25) is 4.79 Å². The van der Waals surface area contributed by atoms with Crippen molar-refractivity contribution in [3.8, 4) is 0 Å². The summed E-state index contributed by atoms with van der Waals surface area (Å²) in [5.41, 5.74) is 0. The van der Waals surface area contributed by atoms with Crippen LogP contribution in [0.1, 0.15) is 0 Å². The molecule has 1 aliphatic rings. The van der Waals surface area contributed by atoms with Crippen LogP contribution in [-0.4, -0.2) is 54.6 Å². The summed E-state index contributed by atoms with van der Waals surface area (Å²) < 4.78 is 18.1. The lowest BCUT2D eigenvalue weighted by Gasteiger charge is -2.24. The average Bonchev–Trinajstić information content (AvgIpc) is 2.66. The molecular formula is C18H18Br2O8. The number of halogens is 2. The van der Waals surface area contributed by atoms with Gasteiger partial charge in [-0.1, -0.05) is 69.3 Å². The minimum atomic E-state index is -1.38. The lowest BCUT2D eigenvalue weighted by atomic mass is 9.96. The number of alkyl halides is 1. The number of hydrogen-bond donors (Lipinski definition) is 0. The third kappa shape index (κ3) is 7.43. The van der Waals surface area contributed by atoms with E-state index in [9.17, 15) is 19.2 Å². The first kappa shape index (κ1) is 23.8. The Morgan fingerprint density at radius 3 is 2.04 bits per heavy atom. The Bertz CT molecular complexity index is 712. The SMILES string of the molecule is C=CCOC(=O)COC(=O)C1C=CC(Br)(C(=O)OCC(=O)OCC=C)C=C1Br. The fraction of sp³-hybridized carbons (Fsp3) is 0.333. The fourth-order valence-corrected chi connectivity index (χ4v) is 3.35. The van der Waals surface area contributed by atoms with Crippen LogP contribution in [0.2, 0.25) is 0 Å². The summed E-state index contributed by atoms with van der Waals surface area (Å²) in [7, 11) is 0. The fourth-order valence-electron chi connectivity index (χ4n) is 1.83. The smallest absolute Gasteiger partial charge is 0.344 e. The highest BCUT2D eigenvalue weighted by Crippen LogP contribution is 2.36. The summed E-state index contributed by atoms with van der Waals surface area (Å²) in [5.74, 6) is -3.79. The first-order chi connectivity index (χ1) is 13.2. The van der Waals surface area contributed by atoms with Gasteiger partial charge in [-0.05, 0) is 6.08 Å². The van der Waals surface area contributed by atoms with E-state index in [1.54, 1.807) is 0 Å². The van der Waals surface area contributed by atoms with Gasteiger partial charge in [-0.15, -0.1) is 0 Å². The number of ether oxygens (including phenoxy) is 4. The molecule has 10 heteroatoms. The lowest BCUT2D eigenvalue weighted by Crippen LogP contribution is -2.35. The van der Waals surface area contributed by atoms with E-state index in [2.05, 4.69) is 45.0 Å². The zero-order valence-electron chi connectivity index (χ0n) is 14.7. The first-order valence-electron chi connectivity index (χ1n) is 7.87. The molecule has 0 saturated heterocycles. The maximum atomic E-state index is 12.2. The van der Waals surface area contributed by atoms with Crippen molar-refractivity contribution < 1.29 is 38.1 Å². The van der Waals surface area contributed by atoms with Crippen LogP contribution in [0.15, 0.2) is 48.0 Å². The molecule has 0 aromatic heterocycles. The highest BCUT2D eigenvalue weighted by molar-refractivity contribution is 9.12. The molecular weight excluding hydrogens is 504 g/mol. The molecule has 0 amide bonds. The van der Waals surface area contributed by atoms with Crippen molar-refractivity contribution in [3.05, 3.63) is 48.0 Å². The van der Waals surface area contributed by atoms with Gasteiger partial charge < -0.3 is 18.9 Å². The van der Waals surface area contributed by atoms with Gasteiger partial charge in [-0.2, -0.15) is 0 Å². The Morgan fingerprint density at radius 2 is 1.54 bits per heavy atom. The van der Waals surface area contributed by atoms with Gasteiger partial charge >= 0.3 is 23.9 Å². The minimum absolute atomic E-state index is 0.00607. The van der Waals surface area contributed by atoms with Crippen LogP contribution in [0.3, 0.4) is 0 Å². The van der Waals surface area contributed by atoms with Crippen LogP contribution in [0.4, 0.5) is 0 Å². The average molecular weight is 522 g/mol. The van der Waals surface area contributed by atoms with Crippen molar-refractivity contribution in [1.29, 1.82) is 0 Å². The topological polar surface area (TPSA) is 105 Å². The predicted molar refractivity (Wildman–Crippen MR) is 106 cm³/mol. The van der Waals surface area contributed by atoms with Crippen molar-refractivity contribution >= 4 is 55.7 Å². The van der Waals surface area contributed by atoms with E-state index in [0.29, 0.717) is 4.48 Å². The van der Waals surface area contributed by atoms with Crippen LogP contribution in [-0.2, 0) is 38.1 Å². The zero-order chi connectivity index (χ0) is 21.2. The second-order valence-corrected chi connectivity index (χ2v) is 7.49. The van der Waals surface area contributed by atoms with Crippen molar-refractivity contribution in [2.45, 2.75) is 4.32 Å². The Labute approximate surface area is 178 Å². The molecule has 1 rings (SSSR count). The highest BCUT2D eigenvalue weighted by Gasteiger charge is 2.38. The number of rotatable bonds is 10. The van der Waals surface area contributed by atoms with E-state index >= 15 is 0 Å².